The minimum absolute atomic E-state index is 0.103. The van der Waals surface area contributed by atoms with Crippen LogP contribution in [-0.4, -0.2) is 60.8 Å². The van der Waals surface area contributed by atoms with E-state index in [0.29, 0.717) is 5.56 Å². The second-order valence-electron chi connectivity index (χ2n) is 9.23. The number of nitrogens with zero attached hydrogens (tertiary/aromatic N) is 4. The highest BCUT2D eigenvalue weighted by atomic mass is 16.5. The number of para-hydroxylation sites is 1. The summed E-state index contributed by atoms with van der Waals surface area (Å²) in [5.74, 6) is 0.944. The van der Waals surface area contributed by atoms with E-state index in [-0.39, 0.29) is 11.8 Å². The molecule has 2 aromatic heterocycles. The van der Waals surface area contributed by atoms with Crippen molar-refractivity contribution < 1.29 is 9.53 Å². The number of hydrogen-bond donors (Lipinski definition) is 2. The SMILES string of the molecule is CNC(=O)c1ccnc2c(C(C)CCNc3cc(-c4ccc(N5CCOCC5)cc4)ncn3)cccc12. The van der Waals surface area contributed by atoms with Gasteiger partial charge in [-0.1, -0.05) is 37.3 Å². The number of benzene rings is 2. The van der Waals surface area contributed by atoms with Crippen LogP contribution in [0, 0.1) is 0 Å². The Labute approximate surface area is 217 Å². The van der Waals surface area contributed by atoms with Gasteiger partial charge in [0.2, 0.25) is 0 Å². The lowest BCUT2D eigenvalue weighted by Gasteiger charge is -2.28. The lowest BCUT2D eigenvalue weighted by Crippen LogP contribution is -2.36. The Balaban J connectivity index is 1.23. The molecule has 8 heteroatoms. The summed E-state index contributed by atoms with van der Waals surface area (Å²) in [6.07, 6.45) is 4.20. The van der Waals surface area contributed by atoms with Crippen molar-refractivity contribution in [2.75, 3.05) is 50.1 Å². The van der Waals surface area contributed by atoms with Gasteiger partial charge >= 0.3 is 0 Å². The predicted molar refractivity (Wildman–Crippen MR) is 147 cm³/mol. The first-order valence-corrected chi connectivity index (χ1v) is 12.7. The summed E-state index contributed by atoms with van der Waals surface area (Å²) in [5, 5.41) is 7.03. The number of nitrogens with one attached hydrogen (secondary N) is 2. The number of aromatic nitrogens is 3. The maximum Gasteiger partial charge on any atom is 0.251 e. The normalized spacial score (nSPS) is 14.4. The molecule has 0 bridgehead atoms. The average Bonchev–Trinajstić information content (AvgIpc) is 2.96. The number of carbonyl (C=O) groups excluding carboxylic acids is 1. The van der Waals surface area contributed by atoms with Gasteiger partial charge < -0.3 is 20.3 Å². The summed E-state index contributed by atoms with van der Waals surface area (Å²) in [7, 11) is 1.64. The maximum atomic E-state index is 12.3. The molecule has 1 fully saturated rings. The highest BCUT2D eigenvalue weighted by Gasteiger charge is 2.15. The van der Waals surface area contributed by atoms with Crippen LogP contribution in [0.1, 0.15) is 35.2 Å². The van der Waals surface area contributed by atoms with Crippen LogP contribution in [0.2, 0.25) is 0 Å². The van der Waals surface area contributed by atoms with Crippen molar-refractivity contribution in [3.8, 4) is 11.3 Å². The summed E-state index contributed by atoms with van der Waals surface area (Å²) in [6.45, 7) is 6.32. The van der Waals surface area contributed by atoms with E-state index in [2.05, 4.69) is 67.7 Å². The average molecular weight is 497 g/mol. The third kappa shape index (κ3) is 5.54. The van der Waals surface area contributed by atoms with Crippen molar-refractivity contribution in [1.29, 1.82) is 0 Å². The molecule has 190 valence electrons. The molecular weight excluding hydrogens is 464 g/mol. The second kappa shape index (κ2) is 11.3. The van der Waals surface area contributed by atoms with E-state index in [4.69, 9.17) is 4.74 Å². The minimum atomic E-state index is -0.103. The quantitative estimate of drug-likeness (QED) is 0.371. The van der Waals surface area contributed by atoms with Gasteiger partial charge in [0, 0.05) is 55.6 Å². The van der Waals surface area contributed by atoms with Gasteiger partial charge in [0.15, 0.2) is 0 Å². The van der Waals surface area contributed by atoms with Gasteiger partial charge in [0.05, 0.1) is 30.0 Å². The lowest BCUT2D eigenvalue weighted by molar-refractivity contribution is 0.0964. The third-order valence-electron chi connectivity index (χ3n) is 6.89. The van der Waals surface area contributed by atoms with Crippen LogP contribution >= 0.6 is 0 Å². The number of morpholine rings is 1. The van der Waals surface area contributed by atoms with Crippen LogP contribution in [0.15, 0.2) is 67.1 Å². The molecule has 0 radical (unpaired) electrons. The standard InChI is InChI=1S/C29H32N6O2/c1-20(23-4-3-5-24-25(29(36)30-2)11-13-32-28(23)24)10-12-31-27-18-26(33-19-34-27)21-6-8-22(9-7-21)35-14-16-37-17-15-35/h3-9,11,13,18-20H,10,12,14-17H2,1-2H3,(H,30,36)(H,31,33,34). The molecular formula is C29H32N6O2. The number of rotatable bonds is 8. The molecule has 4 aromatic rings. The Morgan fingerprint density at radius 2 is 1.86 bits per heavy atom. The van der Waals surface area contributed by atoms with Gasteiger partial charge in [-0.15, -0.1) is 0 Å². The number of amides is 1. The van der Waals surface area contributed by atoms with Gasteiger partial charge in [-0.25, -0.2) is 9.97 Å². The van der Waals surface area contributed by atoms with Crippen LogP contribution in [0.4, 0.5) is 11.5 Å². The fourth-order valence-corrected chi connectivity index (χ4v) is 4.78. The molecule has 1 atom stereocenters. The van der Waals surface area contributed by atoms with E-state index < -0.39 is 0 Å². The molecule has 0 aliphatic carbocycles. The number of anilines is 2. The van der Waals surface area contributed by atoms with E-state index in [0.717, 1.165) is 72.8 Å². The highest BCUT2D eigenvalue weighted by molar-refractivity contribution is 6.06. The third-order valence-corrected chi connectivity index (χ3v) is 6.89. The van der Waals surface area contributed by atoms with E-state index in [1.807, 2.05) is 18.2 Å². The predicted octanol–water partition coefficient (Wildman–Crippen LogP) is 4.49. The van der Waals surface area contributed by atoms with Crippen molar-refractivity contribution in [2.45, 2.75) is 19.3 Å². The topological polar surface area (TPSA) is 92.3 Å². The van der Waals surface area contributed by atoms with Crippen LogP contribution in [0.5, 0.6) is 0 Å². The van der Waals surface area contributed by atoms with E-state index in [1.54, 1.807) is 25.6 Å². The van der Waals surface area contributed by atoms with Gasteiger partial charge in [0.1, 0.15) is 12.1 Å². The Hall–Kier alpha value is -4.04. The van der Waals surface area contributed by atoms with E-state index in [9.17, 15) is 4.79 Å². The van der Waals surface area contributed by atoms with Gasteiger partial charge in [0.25, 0.3) is 5.91 Å². The molecule has 3 heterocycles. The molecule has 1 amide bonds. The molecule has 37 heavy (non-hydrogen) atoms. The van der Waals surface area contributed by atoms with Gasteiger partial charge in [-0.05, 0) is 36.1 Å². The van der Waals surface area contributed by atoms with Crippen LogP contribution in [0.25, 0.3) is 22.2 Å². The van der Waals surface area contributed by atoms with Gasteiger partial charge in [-0.2, -0.15) is 0 Å². The van der Waals surface area contributed by atoms with Crippen molar-refractivity contribution >= 4 is 28.3 Å². The molecule has 1 aliphatic rings. The van der Waals surface area contributed by atoms with E-state index >= 15 is 0 Å². The zero-order valence-electron chi connectivity index (χ0n) is 21.3. The zero-order valence-corrected chi connectivity index (χ0v) is 21.3. The first-order valence-electron chi connectivity index (χ1n) is 12.7. The molecule has 2 N–H and O–H groups in total. The van der Waals surface area contributed by atoms with Crippen LogP contribution in [-0.2, 0) is 4.74 Å². The summed E-state index contributed by atoms with van der Waals surface area (Å²) < 4.78 is 5.45. The maximum absolute atomic E-state index is 12.3. The number of carbonyl (C=O) groups is 1. The number of fused-ring (bicyclic) bond motifs is 1. The number of hydrogen-bond acceptors (Lipinski definition) is 7. The van der Waals surface area contributed by atoms with Crippen LogP contribution in [0.3, 0.4) is 0 Å². The monoisotopic (exact) mass is 496 g/mol. The van der Waals surface area contributed by atoms with Crippen molar-refractivity contribution in [2.24, 2.45) is 0 Å². The van der Waals surface area contributed by atoms with Crippen molar-refractivity contribution in [3.63, 3.8) is 0 Å². The van der Waals surface area contributed by atoms with Crippen molar-refractivity contribution in [1.82, 2.24) is 20.3 Å². The second-order valence-corrected chi connectivity index (χ2v) is 9.23. The fraction of sp³-hybridized carbons (Fsp3) is 0.310. The smallest absolute Gasteiger partial charge is 0.251 e. The molecule has 5 rings (SSSR count). The molecule has 8 nitrogen and oxygen atoms in total. The Kier molecular flexibility index (Phi) is 7.56. The molecule has 1 aliphatic heterocycles. The zero-order chi connectivity index (χ0) is 25.6. The lowest BCUT2D eigenvalue weighted by atomic mass is 9.94. The first-order chi connectivity index (χ1) is 18.1. The Morgan fingerprint density at radius 3 is 2.65 bits per heavy atom. The Bertz CT molecular complexity index is 1370. The van der Waals surface area contributed by atoms with Gasteiger partial charge in [-0.3, -0.25) is 9.78 Å². The molecule has 1 saturated heterocycles. The minimum Gasteiger partial charge on any atom is -0.378 e. The number of pyridine rings is 1. The Morgan fingerprint density at radius 1 is 1.05 bits per heavy atom. The molecule has 1 unspecified atom stereocenters. The summed E-state index contributed by atoms with van der Waals surface area (Å²) >= 11 is 0. The van der Waals surface area contributed by atoms with Crippen molar-refractivity contribution in [3.05, 3.63) is 78.2 Å². The summed E-state index contributed by atoms with van der Waals surface area (Å²) in [5.41, 5.74) is 5.81. The number of ether oxygens (including phenoxy) is 1. The molecule has 0 saturated carbocycles. The largest absolute Gasteiger partial charge is 0.378 e. The summed E-state index contributed by atoms with van der Waals surface area (Å²) in [4.78, 5) is 28.1. The molecule has 2 aromatic carbocycles. The van der Waals surface area contributed by atoms with E-state index in [1.165, 1.54) is 5.69 Å². The summed E-state index contributed by atoms with van der Waals surface area (Å²) in [6, 6.07) is 18.3. The first kappa shape index (κ1) is 24.6. The fourth-order valence-electron chi connectivity index (χ4n) is 4.78. The van der Waals surface area contributed by atoms with Crippen LogP contribution < -0.4 is 15.5 Å². The molecule has 0 spiro atoms. The highest BCUT2D eigenvalue weighted by Crippen LogP contribution is 2.28.